The van der Waals surface area contributed by atoms with E-state index in [-0.39, 0.29) is 6.10 Å². The van der Waals surface area contributed by atoms with Crippen LogP contribution in [-0.4, -0.2) is 46.4 Å². The summed E-state index contributed by atoms with van der Waals surface area (Å²) >= 11 is 0. The first-order valence-corrected chi connectivity index (χ1v) is 10.7. The third-order valence-electron chi connectivity index (χ3n) is 5.65. The predicted molar refractivity (Wildman–Crippen MR) is 120 cm³/mol. The van der Waals surface area contributed by atoms with Crippen LogP contribution in [0.1, 0.15) is 23.1 Å². The van der Waals surface area contributed by atoms with Crippen LogP contribution in [0.15, 0.2) is 72.9 Å². The molecule has 6 heteroatoms. The van der Waals surface area contributed by atoms with Gasteiger partial charge in [-0.1, -0.05) is 36.4 Å². The minimum absolute atomic E-state index is 0.0260. The zero-order valence-electron chi connectivity index (χ0n) is 17.4. The second kappa shape index (κ2) is 9.29. The molecule has 31 heavy (non-hydrogen) atoms. The van der Waals surface area contributed by atoms with E-state index >= 15 is 0 Å². The van der Waals surface area contributed by atoms with Crippen LogP contribution in [-0.2, 0) is 17.7 Å². The van der Waals surface area contributed by atoms with Crippen molar-refractivity contribution >= 4 is 10.9 Å². The number of morpholine rings is 1. The number of aromatic amines is 1. The highest BCUT2D eigenvalue weighted by atomic mass is 16.5. The van der Waals surface area contributed by atoms with E-state index in [0.29, 0.717) is 13.2 Å². The fraction of sp³-hybridized carbons (Fsp3) is 0.280. The first kappa shape index (κ1) is 19.7. The number of aromatic nitrogens is 3. The van der Waals surface area contributed by atoms with Crippen LogP contribution >= 0.6 is 0 Å². The maximum absolute atomic E-state index is 6.04. The number of nitrogens with zero attached hydrogens (tertiary/aromatic N) is 3. The van der Waals surface area contributed by atoms with E-state index in [0.717, 1.165) is 48.7 Å². The third kappa shape index (κ3) is 4.76. The fourth-order valence-electron chi connectivity index (χ4n) is 4.03. The quantitative estimate of drug-likeness (QED) is 0.492. The lowest BCUT2D eigenvalue weighted by Gasteiger charge is -2.32. The van der Waals surface area contributed by atoms with E-state index in [1.807, 2.05) is 42.6 Å². The van der Waals surface area contributed by atoms with Gasteiger partial charge >= 0.3 is 0 Å². The molecule has 2 aromatic carbocycles. The van der Waals surface area contributed by atoms with E-state index in [2.05, 4.69) is 50.4 Å². The Bertz CT molecular complexity index is 1120. The van der Waals surface area contributed by atoms with Crippen LogP contribution in [0.3, 0.4) is 0 Å². The highest BCUT2D eigenvalue weighted by molar-refractivity contribution is 5.81. The van der Waals surface area contributed by atoms with Gasteiger partial charge in [-0.15, -0.1) is 0 Å². The summed E-state index contributed by atoms with van der Waals surface area (Å²) in [6, 6.07) is 22.4. The molecule has 4 aromatic rings. The van der Waals surface area contributed by atoms with Crippen LogP contribution in [0.2, 0.25) is 0 Å². The average molecular weight is 415 g/mol. The maximum Gasteiger partial charge on any atom is 0.119 e. The lowest BCUT2D eigenvalue weighted by molar-refractivity contribution is -0.0348. The van der Waals surface area contributed by atoms with Crippen molar-refractivity contribution in [1.82, 2.24) is 20.1 Å². The Hall–Kier alpha value is -3.22. The number of benzene rings is 2. The molecule has 1 fully saturated rings. The van der Waals surface area contributed by atoms with E-state index < -0.39 is 0 Å². The van der Waals surface area contributed by atoms with E-state index in [1.165, 1.54) is 10.9 Å². The topological polar surface area (TPSA) is 63.3 Å². The standard InChI is InChI=1S/C25H26N4O2/c1-2-6-21(7-3-1)30-14-11-20-16-24(28-27-20)25-18-29(13-15-31-25)17-19-10-12-26-23-9-5-4-8-22(19)23/h1-10,12,16,25H,11,13-15,17-18H2,(H,27,28)/t25-/m0/s1. The minimum Gasteiger partial charge on any atom is -0.493 e. The normalized spacial score (nSPS) is 17.1. The van der Waals surface area contributed by atoms with Crippen LogP contribution in [0.4, 0.5) is 0 Å². The lowest BCUT2D eigenvalue weighted by atomic mass is 10.1. The Morgan fingerprint density at radius 3 is 2.87 bits per heavy atom. The van der Waals surface area contributed by atoms with E-state index in [1.54, 1.807) is 0 Å². The fourth-order valence-corrected chi connectivity index (χ4v) is 4.03. The minimum atomic E-state index is -0.0260. The van der Waals surface area contributed by atoms with Crippen molar-refractivity contribution in [3.05, 3.63) is 89.9 Å². The molecule has 158 valence electrons. The predicted octanol–water partition coefficient (Wildman–Crippen LogP) is 4.15. The summed E-state index contributed by atoms with van der Waals surface area (Å²) in [5, 5.41) is 8.87. The molecular weight excluding hydrogens is 388 g/mol. The summed E-state index contributed by atoms with van der Waals surface area (Å²) in [7, 11) is 0. The molecular formula is C25H26N4O2. The number of hydrogen-bond acceptors (Lipinski definition) is 5. The van der Waals surface area contributed by atoms with E-state index in [4.69, 9.17) is 9.47 Å². The second-order valence-corrected chi connectivity index (χ2v) is 7.81. The van der Waals surface area contributed by atoms with Crippen molar-refractivity contribution in [2.75, 3.05) is 26.3 Å². The Morgan fingerprint density at radius 1 is 1.06 bits per heavy atom. The monoisotopic (exact) mass is 414 g/mol. The number of ether oxygens (including phenoxy) is 2. The maximum atomic E-state index is 6.04. The van der Waals surface area contributed by atoms with Crippen molar-refractivity contribution in [1.29, 1.82) is 0 Å². The average Bonchev–Trinajstić information content (AvgIpc) is 3.29. The Kier molecular flexibility index (Phi) is 5.91. The molecule has 0 amide bonds. The van der Waals surface area contributed by atoms with Gasteiger partial charge in [0.05, 0.1) is 24.4 Å². The first-order valence-electron chi connectivity index (χ1n) is 10.7. The molecule has 1 aliphatic rings. The SMILES string of the molecule is c1ccc(OCCc2cc([C@@H]3CN(Cc4ccnc5ccccc45)CCO3)n[nH]2)cc1. The van der Waals surface area contributed by atoms with Gasteiger partial charge in [0, 0.05) is 43.3 Å². The van der Waals surface area contributed by atoms with Gasteiger partial charge in [0.25, 0.3) is 0 Å². The molecule has 2 aromatic heterocycles. The van der Waals surface area contributed by atoms with Crippen molar-refractivity contribution < 1.29 is 9.47 Å². The van der Waals surface area contributed by atoms with Crippen molar-refractivity contribution in [2.45, 2.75) is 19.1 Å². The largest absolute Gasteiger partial charge is 0.493 e. The Morgan fingerprint density at radius 2 is 1.94 bits per heavy atom. The lowest BCUT2D eigenvalue weighted by Crippen LogP contribution is -2.38. The van der Waals surface area contributed by atoms with Gasteiger partial charge in [-0.3, -0.25) is 15.0 Å². The van der Waals surface area contributed by atoms with Crippen molar-refractivity contribution in [3.8, 4) is 5.75 Å². The zero-order valence-corrected chi connectivity index (χ0v) is 17.4. The molecule has 0 saturated carbocycles. The smallest absolute Gasteiger partial charge is 0.119 e. The molecule has 0 unspecified atom stereocenters. The molecule has 1 atom stereocenters. The Labute approximate surface area is 181 Å². The zero-order chi connectivity index (χ0) is 20.9. The molecule has 0 spiro atoms. The van der Waals surface area contributed by atoms with Crippen LogP contribution in [0, 0.1) is 0 Å². The van der Waals surface area contributed by atoms with Gasteiger partial charge < -0.3 is 9.47 Å². The molecule has 5 rings (SSSR count). The van der Waals surface area contributed by atoms with Crippen molar-refractivity contribution in [3.63, 3.8) is 0 Å². The number of fused-ring (bicyclic) bond motifs is 1. The third-order valence-corrected chi connectivity index (χ3v) is 5.65. The molecule has 1 N–H and O–H groups in total. The summed E-state index contributed by atoms with van der Waals surface area (Å²) in [6.45, 7) is 3.92. The van der Waals surface area contributed by atoms with Crippen LogP contribution in [0.25, 0.3) is 10.9 Å². The molecule has 0 bridgehead atoms. The van der Waals surface area contributed by atoms with Gasteiger partial charge in [0.1, 0.15) is 11.9 Å². The number of hydrogen-bond donors (Lipinski definition) is 1. The van der Waals surface area contributed by atoms with Crippen molar-refractivity contribution in [2.24, 2.45) is 0 Å². The highest BCUT2D eigenvalue weighted by Gasteiger charge is 2.24. The summed E-state index contributed by atoms with van der Waals surface area (Å²) in [5.74, 6) is 0.886. The second-order valence-electron chi connectivity index (χ2n) is 7.81. The molecule has 0 aliphatic carbocycles. The summed E-state index contributed by atoms with van der Waals surface area (Å²) in [6.07, 6.45) is 2.65. The van der Waals surface area contributed by atoms with Gasteiger partial charge in [-0.2, -0.15) is 5.10 Å². The summed E-state index contributed by atoms with van der Waals surface area (Å²) in [4.78, 5) is 6.91. The number of para-hydroxylation sites is 2. The van der Waals surface area contributed by atoms with Gasteiger partial charge in [-0.05, 0) is 35.9 Å². The van der Waals surface area contributed by atoms with E-state index in [9.17, 15) is 0 Å². The number of H-pyrrole nitrogens is 1. The van der Waals surface area contributed by atoms with Gasteiger partial charge in [-0.25, -0.2) is 0 Å². The molecule has 1 aliphatic heterocycles. The molecule has 1 saturated heterocycles. The first-order chi connectivity index (χ1) is 15.3. The van der Waals surface area contributed by atoms with Crippen LogP contribution in [0.5, 0.6) is 5.75 Å². The van der Waals surface area contributed by atoms with Gasteiger partial charge in [0.2, 0.25) is 0 Å². The number of pyridine rings is 1. The van der Waals surface area contributed by atoms with Gasteiger partial charge in [0.15, 0.2) is 0 Å². The summed E-state index contributed by atoms with van der Waals surface area (Å²) < 4.78 is 11.8. The highest BCUT2D eigenvalue weighted by Crippen LogP contribution is 2.24. The number of nitrogens with one attached hydrogen (secondary N) is 1. The molecule has 6 nitrogen and oxygen atoms in total. The molecule has 0 radical (unpaired) electrons. The summed E-state index contributed by atoms with van der Waals surface area (Å²) in [5.41, 5.74) is 4.36. The van der Waals surface area contributed by atoms with Crippen LogP contribution < -0.4 is 4.74 Å². The number of rotatable bonds is 7. The Balaban J connectivity index is 1.20. The molecule has 3 heterocycles.